The minimum absolute atomic E-state index is 0.0969. The van der Waals surface area contributed by atoms with Gasteiger partial charge in [0.05, 0.1) is 19.3 Å². The summed E-state index contributed by atoms with van der Waals surface area (Å²) >= 11 is 0. The lowest BCUT2D eigenvalue weighted by atomic mass is 9.84. The van der Waals surface area contributed by atoms with Crippen LogP contribution in [0.3, 0.4) is 0 Å². The summed E-state index contributed by atoms with van der Waals surface area (Å²) in [5, 5.41) is 5.46. The first-order valence-corrected chi connectivity index (χ1v) is 9.89. The van der Waals surface area contributed by atoms with Gasteiger partial charge in [-0.2, -0.15) is 0 Å². The first kappa shape index (κ1) is 19.9. The van der Waals surface area contributed by atoms with Crippen LogP contribution in [0.15, 0.2) is 42.5 Å². The van der Waals surface area contributed by atoms with E-state index < -0.39 is 0 Å². The summed E-state index contributed by atoms with van der Waals surface area (Å²) in [5.74, 6) is 0.655. The molecule has 0 radical (unpaired) electrons. The number of benzene rings is 2. The molecule has 2 N–H and O–H groups in total. The lowest BCUT2D eigenvalue weighted by Crippen LogP contribution is -2.32. The standard InChI is InChI=1S/C23H28N2O3/c1-16-8-13-21(28-2)20(14-16)25-22(26)15-24-23(27)19-11-9-18(10-12-19)17-6-4-3-5-7-17/h8-14,17H,3-7,15H2,1-2H3,(H,24,27)(H,25,26). The van der Waals surface area contributed by atoms with E-state index in [9.17, 15) is 9.59 Å². The van der Waals surface area contributed by atoms with Crippen LogP contribution in [-0.4, -0.2) is 25.5 Å². The Morgan fingerprint density at radius 3 is 2.43 bits per heavy atom. The number of nitrogens with one attached hydrogen (secondary N) is 2. The van der Waals surface area contributed by atoms with E-state index in [1.165, 1.54) is 37.7 Å². The van der Waals surface area contributed by atoms with Crippen LogP contribution in [0.5, 0.6) is 5.75 Å². The molecule has 0 aromatic heterocycles. The Hall–Kier alpha value is -2.82. The number of anilines is 1. The highest BCUT2D eigenvalue weighted by molar-refractivity contribution is 5.99. The number of methoxy groups -OCH3 is 1. The van der Waals surface area contributed by atoms with E-state index >= 15 is 0 Å². The van der Waals surface area contributed by atoms with Crippen molar-refractivity contribution in [3.8, 4) is 5.75 Å². The Morgan fingerprint density at radius 2 is 1.75 bits per heavy atom. The molecule has 0 aliphatic heterocycles. The Balaban J connectivity index is 1.53. The maximum atomic E-state index is 12.4. The summed E-state index contributed by atoms with van der Waals surface area (Å²) < 4.78 is 5.26. The highest BCUT2D eigenvalue weighted by atomic mass is 16.5. The summed E-state index contributed by atoms with van der Waals surface area (Å²) in [6.45, 7) is 1.84. The van der Waals surface area contributed by atoms with Crippen LogP contribution in [0, 0.1) is 6.92 Å². The smallest absolute Gasteiger partial charge is 0.251 e. The van der Waals surface area contributed by atoms with Crippen molar-refractivity contribution < 1.29 is 14.3 Å². The molecule has 0 spiro atoms. The summed E-state index contributed by atoms with van der Waals surface area (Å²) in [6.07, 6.45) is 6.36. The van der Waals surface area contributed by atoms with Gasteiger partial charge in [0.1, 0.15) is 5.75 Å². The Kier molecular flexibility index (Phi) is 6.69. The van der Waals surface area contributed by atoms with Gasteiger partial charge in [-0.1, -0.05) is 37.5 Å². The van der Waals surface area contributed by atoms with Crippen LogP contribution in [0.2, 0.25) is 0 Å². The topological polar surface area (TPSA) is 67.4 Å². The fourth-order valence-corrected chi connectivity index (χ4v) is 3.72. The second-order valence-corrected chi connectivity index (χ2v) is 7.39. The van der Waals surface area contributed by atoms with Gasteiger partial charge in [-0.3, -0.25) is 9.59 Å². The molecule has 0 unspecified atom stereocenters. The third-order valence-corrected chi connectivity index (χ3v) is 5.29. The highest BCUT2D eigenvalue weighted by Gasteiger charge is 2.16. The van der Waals surface area contributed by atoms with Gasteiger partial charge < -0.3 is 15.4 Å². The van der Waals surface area contributed by atoms with Crippen LogP contribution in [0.1, 0.15) is 59.5 Å². The molecule has 5 heteroatoms. The fourth-order valence-electron chi connectivity index (χ4n) is 3.72. The van der Waals surface area contributed by atoms with Crippen LogP contribution < -0.4 is 15.4 Å². The molecule has 0 heterocycles. The molecule has 0 saturated heterocycles. The van der Waals surface area contributed by atoms with Gasteiger partial charge >= 0.3 is 0 Å². The van der Waals surface area contributed by atoms with Crippen LogP contribution >= 0.6 is 0 Å². The van der Waals surface area contributed by atoms with Crippen molar-refractivity contribution in [2.45, 2.75) is 44.9 Å². The second kappa shape index (κ2) is 9.40. The predicted octanol–water partition coefficient (Wildman–Crippen LogP) is 4.42. The van der Waals surface area contributed by atoms with E-state index in [2.05, 4.69) is 10.6 Å². The van der Waals surface area contributed by atoms with Crippen LogP contribution in [-0.2, 0) is 4.79 Å². The van der Waals surface area contributed by atoms with Crippen molar-refractivity contribution in [2.24, 2.45) is 0 Å². The first-order valence-electron chi connectivity index (χ1n) is 9.89. The maximum Gasteiger partial charge on any atom is 0.251 e. The van der Waals surface area contributed by atoms with E-state index in [4.69, 9.17) is 4.74 Å². The minimum Gasteiger partial charge on any atom is -0.495 e. The molecule has 1 aliphatic carbocycles. The summed E-state index contributed by atoms with van der Waals surface area (Å²) in [7, 11) is 1.55. The van der Waals surface area contributed by atoms with Crippen molar-refractivity contribution in [2.75, 3.05) is 19.0 Å². The third-order valence-electron chi connectivity index (χ3n) is 5.29. The average molecular weight is 380 g/mol. The molecule has 3 rings (SSSR count). The number of hydrogen-bond donors (Lipinski definition) is 2. The zero-order valence-electron chi connectivity index (χ0n) is 16.6. The number of amides is 2. The molecule has 2 aromatic carbocycles. The van der Waals surface area contributed by atoms with Crippen LogP contribution in [0.4, 0.5) is 5.69 Å². The van der Waals surface area contributed by atoms with Gasteiger partial charge in [0.15, 0.2) is 0 Å². The molecular formula is C23H28N2O3. The van der Waals surface area contributed by atoms with Gasteiger partial charge in [0.25, 0.3) is 5.91 Å². The first-order chi connectivity index (χ1) is 13.6. The Morgan fingerprint density at radius 1 is 1.04 bits per heavy atom. The summed E-state index contributed by atoms with van der Waals surface area (Å²) in [4.78, 5) is 24.6. The zero-order valence-corrected chi connectivity index (χ0v) is 16.6. The number of ether oxygens (including phenoxy) is 1. The minimum atomic E-state index is -0.295. The molecule has 1 fully saturated rings. The van der Waals surface area contributed by atoms with E-state index in [-0.39, 0.29) is 18.4 Å². The van der Waals surface area contributed by atoms with Crippen LogP contribution in [0.25, 0.3) is 0 Å². The van der Waals surface area contributed by atoms with Gasteiger partial charge in [0, 0.05) is 5.56 Å². The normalized spacial score (nSPS) is 14.4. The SMILES string of the molecule is COc1ccc(C)cc1NC(=O)CNC(=O)c1ccc(C2CCCCC2)cc1. The van der Waals surface area contributed by atoms with E-state index in [0.29, 0.717) is 22.9 Å². The van der Waals surface area contributed by atoms with E-state index in [1.54, 1.807) is 13.2 Å². The molecule has 2 aromatic rings. The zero-order chi connectivity index (χ0) is 19.9. The van der Waals surface area contributed by atoms with Gasteiger partial charge in [-0.05, 0) is 61.1 Å². The lowest BCUT2D eigenvalue weighted by Gasteiger charge is -2.22. The molecule has 5 nitrogen and oxygen atoms in total. The average Bonchev–Trinajstić information content (AvgIpc) is 2.73. The lowest BCUT2D eigenvalue weighted by molar-refractivity contribution is -0.115. The van der Waals surface area contributed by atoms with Gasteiger partial charge in [-0.15, -0.1) is 0 Å². The summed E-state index contributed by atoms with van der Waals surface area (Å²) in [5.41, 5.74) is 3.48. The number of carbonyl (C=O) groups is 2. The largest absolute Gasteiger partial charge is 0.495 e. The van der Waals surface area contributed by atoms with Crippen molar-refractivity contribution in [1.29, 1.82) is 0 Å². The quantitative estimate of drug-likeness (QED) is 0.779. The number of hydrogen-bond acceptors (Lipinski definition) is 3. The fraction of sp³-hybridized carbons (Fsp3) is 0.391. The second-order valence-electron chi connectivity index (χ2n) is 7.39. The summed E-state index contributed by atoms with van der Waals surface area (Å²) in [6, 6.07) is 13.3. The number of rotatable bonds is 6. The van der Waals surface area contributed by atoms with Crippen molar-refractivity contribution >= 4 is 17.5 Å². The Labute approximate surface area is 166 Å². The highest BCUT2D eigenvalue weighted by Crippen LogP contribution is 2.32. The van der Waals surface area contributed by atoms with Gasteiger partial charge in [-0.25, -0.2) is 0 Å². The van der Waals surface area contributed by atoms with E-state index in [1.807, 2.05) is 43.3 Å². The molecule has 2 amide bonds. The Bertz CT molecular complexity index is 824. The van der Waals surface area contributed by atoms with Crippen molar-refractivity contribution in [1.82, 2.24) is 5.32 Å². The number of carbonyl (C=O) groups excluding carboxylic acids is 2. The molecule has 0 atom stereocenters. The van der Waals surface area contributed by atoms with Gasteiger partial charge in [0.2, 0.25) is 5.91 Å². The molecule has 1 saturated carbocycles. The molecule has 28 heavy (non-hydrogen) atoms. The molecule has 1 aliphatic rings. The number of aryl methyl sites for hydroxylation is 1. The molecular weight excluding hydrogens is 352 g/mol. The molecule has 148 valence electrons. The van der Waals surface area contributed by atoms with Crippen molar-refractivity contribution in [3.63, 3.8) is 0 Å². The third kappa shape index (κ3) is 5.12. The maximum absolute atomic E-state index is 12.4. The monoisotopic (exact) mass is 380 g/mol. The van der Waals surface area contributed by atoms with E-state index in [0.717, 1.165) is 5.56 Å². The molecule has 0 bridgehead atoms. The predicted molar refractivity (Wildman–Crippen MR) is 111 cm³/mol. The van der Waals surface area contributed by atoms with Crippen molar-refractivity contribution in [3.05, 3.63) is 59.2 Å².